The summed E-state index contributed by atoms with van der Waals surface area (Å²) in [6, 6.07) is 0. The van der Waals surface area contributed by atoms with Crippen molar-refractivity contribution in [3.8, 4) is 0 Å². The minimum atomic E-state index is -0.270. The summed E-state index contributed by atoms with van der Waals surface area (Å²) in [6.07, 6.45) is 7.67. The number of nitrogens with one attached hydrogen (secondary N) is 1. The van der Waals surface area contributed by atoms with E-state index in [1.807, 2.05) is 10.8 Å². The average molecular weight is 374 g/mol. The molecule has 1 aliphatic heterocycles. The van der Waals surface area contributed by atoms with Gasteiger partial charge in [0.1, 0.15) is 12.0 Å². The molecule has 0 unspecified atom stereocenters. The number of imidazole rings is 1. The van der Waals surface area contributed by atoms with Gasteiger partial charge >= 0.3 is 6.09 Å². The number of rotatable bonds is 7. The van der Waals surface area contributed by atoms with Gasteiger partial charge in [-0.1, -0.05) is 0 Å². The van der Waals surface area contributed by atoms with E-state index in [0.29, 0.717) is 50.1 Å². The van der Waals surface area contributed by atoms with E-state index in [9.17, 15) is 4.79 Å². The standard InChI is InChI=1S/C17H26N8O2/c1-2-27-17(26)25-10-8-24(9-11-25)16-14(18)15(21-12-22-16)20-4-3-6-23-7-5-19-13-23/h5,7,12-13H,2-4,6,8-11,18H2,1H3,(H,20,21,22). The number of anilines is 3. The number of hydrogen-bond acceptors (Lipinski definition) is 8. The fourth-order valence-electron chi connectivity index (χ4n) is 2.98. The molecule has 0 aliphatic carbocycles. The van der Waals surface area contributed by atoms with Crippen molar-refractivity contribution in [3.05, 3.63) is 25.0 Å². The summed E-state index contributed by atoms with van der Waals surface area (Å²) in [5, 5.41) is 3.28. The minimum Gasteiger partial charge on any atom is -0.450 e. The van der Waals surface area contributed by atoms with Crippen molar-refractivity contribution in [1.82, 2.24) is 24.4 Å². The summed E-state index contributed by atoms with van der Waals surface area (Å²) >= 11 is 0. The van der Waals surface area contributed by atoms with Crippen molar-refractivity contribution in [2.75, 3.05) is 55.3 Å². The molecule has 146 valence electrons. The SMILES string of the molecule is CCOC(=O)N1CCN(c2ncnc(NCCCn3ccnc3)c2N)CC1. The molecule has 3 heterocycles. The number of carbonyl (C=O) groups excluding carboxylic acids is 1. The van der Waals surface area contributed by atoms with E-state index in [1.165, 1.54) is 6.33 Å². The lowest BCUT2D eigenvalue weighted by Gasteiger charge is -2.35. The topological polar surface area (TPSA) is 114 Å². The van der Waals surface area contributed by atoms with Gasteiger partial charge < -0.3 is 30.2 Å². The molecule has 0 saturated carbocycles. The Bertz CT molecular complexity index is 729. The third-order valence-electron chi connectivity index (χ3n) is 4.41. The second-order valence-electron chi connectivity index (χ2n) is 6.21. The quantitative estimate of drug-likeness (QED) is 0.691. The summed E-state index contributed by atoms with van der Waals surface area (Å²) in [5.41, 5.74) is 6.82. The highest BCUT2D eigenvalue weighted by molar-refractivity contribution is 5.75. The number of aromatic nitrogens is 4. The van der Waals surface area contributed by atoms with Crippen LogP contribution < -0.4 is 16.0 Å². The molecule has 10 nitrogen and oxygen atoms in total. The number of nitrogens with zero attached hydrogens (tertiary/aromatic N) is 6. The highest BCUT2D eigenvalue weighted by atomic mass is 16.6. The number of piperazine rings is 1. The number of amides is 1. The molecule has 0 spiro atoms. The first-order valence-electron chi connectivity index (χ1n) is 9.15. The Morgan fingerprint density at radius 2 is 2.11 bits per heavy atom. The van der Waals surface area contributed by atoms with Crippen LogP contribution in [0.4, 0.5) is 22.1 Å². The maximum Gasteiger partial charge on any atom is 0.409 e. The minimum absolute atomic E-state index is 0.270. The number of carbonyl (C=O) groups is 1. The van der Waals surface area contributed by atoms with Crippen molar-refractivity contribution in [2.24, 2.45) is 0 Å². The van der Waals surface area contributed by atoms with Gasteiger partial charge in [0.05, 0.1) is 12.9 Å². The zero-order valence-electron chi connectivity index (χ0n) is 15.5. The summed E-state index contributed by atoms with van der Waals surface area (Å²) in [7, 11) is 0. The van der Waals surface area contributed by atoms with Gasteiger partial charge in [-0.15, -0.1) is 0 Å². The van der Waals surface area contributed by atoms with Crippen LogP contribution in [-0.4, -0.2) is 69.8 Å². The predicted octanol–water partition coefficient (Wildman–Crippen LogP) is 1.04. The molecule has 3 rings (SSSR count). The molecule has 1 fully saturated rings. The van der Waals surface area contributed by atoms with Crippen LogP contribution in [-0.2, 0) is 11.3 Å². The van der Waals surface area contributed by atoms with Gasteiger partial charge in [-0.05, 0) is 13.3 Å². The van der Waals surface area contributed by atoms with Gasteiger partial charge in [0.2, 0.25) is 0 Å². The van der Waals surface area contributed by atoms with Crippen LogP contribution in [0.5, 0.6) is 0 Å². The first-order chi connectivity index (χ1) is 13.2. The molecule has 1 amide bonds. The van der Waals surface area contributed by atoms with E-state index in [-0.39, 0.29) is 6.09 Å². The molecule has 1 aliphatic rings. The highest BCUT2D eigenvalue weighted by Gasteiger charge is 2.24. The Balaban J connectivity index is 1.53. The van der Waals surface area contributed by atoms with Crippen LogP contribution in [0, 0.1) is 0 Å². The Labute approximate surface area is 158 Å². The van der Waals surface area contributed by atoms with Crippen LogP contribution >= 0.6 is 0 Å². The number of aryl methyl sites for hydroxylation is 1. The molecule has 0 atom stereocenters. The van der Waals surface area contributed by atoms with Crippen molar-refractivity contribution in [1.29, 1.82) is 0 Å². The fourth-order valence-corrected chi connectivity index (χ4v) is 2.98. The zero-order chi connectivity index (χ0) is 19.1. The molecule has 3 N–H and O–H groups in total. The molecule has 10 heteroatoms. The van der Waals surface area contributed by atoms with Gasteiger partial charge in [0.25, 0.3) is 0 Å². The third-order valence-corrected chi connectivity index (χ3v) is 4.41. The van der Waals surface area contributed by atoms with Crippen LogP contribution in [0.25, 0.3) is 0 Å². The summed E-state index contributed by atoms with van der Waals surface area (Å²) < 4.78 is 7.08. The van der Waals surface area contributed by atoms with Gasteiger partial charge in [0, 0.05) is 51.7 Å². The van der Waals surface area contributed by atoms with Crippen molar-refractivity contribution in [2.45, 2.75) is 19.9 Å². The van der Waals surface area contributed by atoms with Gasteiger partial charge in [-0.25, -0.2) is 19.7 Å². The molecule has 2 aromatic heterocycles. The van der Waals surface area contributed by atoms with E-state index in [1.54, 1.807) is 24.3 Å². The molecular weight excluding hydrogens is 348 g/mol. The molecule has 0 radical (unpaired) electrons. The van der Waals surface area contributed by atoms with E-state index in [2.05, 4.69) is 25.2 Å². The molecule has 27 heavy (non-hydrogen) atoms. The number of hydrogen-bond donors (Lipinski definition) is 2. The number of ether oxygens (including phenoxy) is 1. The molecule has 1 saturated heterocycles. The van der Waals surface area contributed by atoms with E-state index >= 15 is 0 Å². The molecular formula is C17H26N8O2. The third kappa shape index (κ3) is 4.78. The van der Waals surface area contributed by atoms with E-state index < -0.39 is 0 Å². The zero-order valence-corrected chi connectivity index (χ0v) is 15.5. The maximum absolute atomic E-state index is 11.8. The molecule has 0 bridgehead atoms. The second-order valence-corrected chi connectivity index (χ2v) is 6.21. The lowest BCUT2D eigenvalue weighted by molar-refractivity contribution is 0.105. The number of nitrogen functional groups attached to an aromatic ring is 1. The van der Waals surface area contributed by atoms with Crippen molar-refractivity contribution >= 4 is 23.4 Å². The highest BCUT2D eigenvalue weighted by Crippen LogP contribution is 2.26. The van der Waals surface area contributed by atoms with Crippen LogP contribution in [0.2, 0.25) is 0 Å². The van der Waals surface area contributed by atoms with Gasteiger partial charge in [-0.3, -0.25) is 0 Å². The smallest absolute Gasteiger partial charge is 0.409 e. The van der Waals surface area contributed by atoms with Gasteiger partial charge in [0.15, 0.2) is 11.6 Å². The maximum atomic E-state index is 11.8. The lowest BCUT2D eigenvalue weighted by Crippen LogP contribution is -2.49. The van der Waals surface area contributed by atoms with Crippen molar-refractivity contribution in [3.63, 3.8) is 0 Å². The Hall–Kier alpha value is -3.04. The fraction of sp³-hybridized carbons (Fsp3) is 0.529. The Morgan fingerprint density at radius 3 is 2.81 bits per heavy atom. The summed E-state index contributed by atoms with van der Waals surface area (Å²) in [6.45, 7) is 6.27. The number of nitrogens with two attached hydrogens (primary N) is 1. The van der Waals surface area contributed by atoms with Crippen LogP contribution in [0.15, 0.2) is 25.0 Å². The normalized spacial score (nSPS) is 14.3. The summed E-state index contributed by atoms with van der Waals surface area (Å²) in [4.78, 5) is 28.2. The van der Waals surface area contributed by atoms with E-state index in [0.717, 1.165) is 19.5 Å². The van der Waals surface area contributed by atoms with Crippen LogP contribution in [0.3, 0.4) is 0 Å². The Kier molecular flexibility index (Phi) is 6.29. The first-order valence-corrected chi connectivity index (χ1v) is 9.15. The lowest BCUT2D eigenvalue weighted by atomic mass is 10.3. The largest absolute Gasteiger partial charge is 0.450 e. The average Bonchev–Trinajstić information content (AvgIpc) is 3.20. The predicted molar refractivity (Wildman–Crippen MR) is 103 cm³/mol. The second kappa shape index (κ2) is 9.06. The molecule has 0 aromatic carbocycles. The van der Waals surface area contributed by atoms with Gasteiger partial charge in [-0.2, -0.15) is 0 Å². The summed E-state index contributed by atoms with van der Waals surface area (Å²) in [5.74, 6) is 1.34. The first kappa shape index (κ1) is 18.7. The van der Waals surface area contributed by atoms with Crippen molar-refractivity contribution < 1.29 is 9.53 Å². The van der Waals surface area contributed by atoms with Crippen LogP contribution in [0.1, 0.15) is 13.3 Å². The van der Waals surface area contributed by atoms with E-state index in [4.69, 9.17) is 10.5 Å². The Morgan fingerprint density at radius 1 is 1.30 bits per heavy atom. The molecule has 2 aromatic rings. The monoisotopic (exact) mass is 374 g/mol.